The number of ketones is 1. The largest absolute Gasteiger partial charge is 0.445 e. The first kappa shape index (κ1) is 19.5. The maximum Gasteiger partial charge on any atom is 0.410 e. The van der Waals surface area contributed by atoms with Crippen molar-refractivity contribution in [2.45, 2.75) is 31.5 Å². The topological polar surface area (TPSA) is 55.8 Å². The van der Waals surface area contributed by atoms with Crippen LogP contribution in [0.15, 0.2) is 48.5 Å². The summed E-state index contributed by atoms with van der Waals surface area (Å²) in [6.45, 7) is 0.776. The average Bonchev–Trinajstić information content (AvgIpc) is 2.70. The second-order valence-electron chi connectivity index (χ2n) is 7.48. The summed E-state index contributed by atoms with van der Waals surface area (Å²) in [7, 11) is 0. The minimum atomic E-state index is -0.779. The van der Waals surface area contributed by atoms with E-state index in [0.29, 0.717) is 26.1 Å². The molecule has 2 bridgehead atoms. The highest BCUT2D eigenvalue weighted by atomic mass is 19.1. The summed E-state index contributed by atoms with van der Waals surface area (Å²) in [6.07, 6.45) is 0.303. The van der Waals surface area contributed by atoms with E-state index >= 15 is 0 Å². The fourth-order valence-electron chi connectivity index (χ4n) is 4.15. The molecule has 0 aromatic heterocycles. The van der Waals surface area contributed by atoms with Gasteiger partial charge in [0.25, 0.3) is 0 Å². The Balaban J connectivity index is 1.44. The molecule has 2 fully saturated rings. The molecule has 2 aliphatic heterocycles. The van der Waals surface area contributed by atoms with Gasteiger partial charge in [0.15, 0.2) is 5.78 Å². The molecule has 0 radical (unpaired) electrons. The number of morpholine rings is 1. The number of ether oxygens (including phenoxy) is 2. The number of amides is 1. The molecule has 2 aliphatic rings. The van der Waals surface area contributed by atoms with Gasteiger partial charge in [-0.3, -0.25) is 9.69 Å². The molecule has 7 heteroatoms. The second kappa shape index (κ2) is 8.29. The van der Waals surface area contributed by atoms with Crippen molar-refractivity contribution in [2.75, 3.05) is 13.2 Å². The molecule has 0 spiro atoms. The van der Waals surface area contributed by atoms with Crippen molar-refractivity contribution >= 4 is 11.9 Å². The molecule has 29 heavy (non-hydrogen) atoms. The van der Waals surface area contributed by atoms with Gasteiger partial charge in [0.1, 0.15) is 18.2 Å². The normalized spacial score (nSPS) is 23.5. The number of benzene rings is 2. The molecular formula is C22H21F2NO4. The lowest BCUT2D eigenvalue weighted by atomic mass is 9.81. The van der Waals surface area contributed by atoms with Gasteiger partial charge in [0, 0.05) is 17.5 Å². The van der Waals surface area contributed by atoms with Crippen LogP contribution in [0.3, 0.4) is 0 Å². The smallest absolute Gasteiger partial charge is 0.410 e. The summed E-state index contributed by atoms with van der Waals surface area (Å²) < 4.78 is 38.0. The Kier molecular flexibility index (Phi) is 5.58. The summed E-state index contributed by atoms with van der Waals surface area (Å²) in [4.78, 5) is 27.2. The number of carbonyl (C=O) groups excluding carboxylic acids is 2. The number of halogens is 2. The number of Topliss-reactive ketones (excluding diaryl/α,β-unsaturated/α-hetero) is 1. The maximum absolute atomic E-state index is 13.5. The lowest BCUT2D eigenvalue weighted by Gasteiger charge is -2.47. The Morgan fingerprint density at radius 1 is 1.00 bits per heavy atom. The summed E-state index contributed by atoms with van der Waals surface area (Å²) in [6, 6.07) is 11.6. The summed E-state index contributed by atoms with van der Waals surface area (Å²) >= 11 is 0. The highest BCUT2D eigenvalue weighted by molar-refractivity contribution is 5.98. The Morgan fingerprint density at radius 3 is 2.24 bits per heavy atom. The number of hydrogen-bond donors (Lipinski definition) is 0. The first-order valence-corrected chi connectivity index (χ1v) is 9.58. The van der Waals surface area contributed by atoms with Crippen LogP contribution >= 0.6 is 0 Å². The van der Waals surface area contributed by atoms with Crippen LogP contribution in [-0.2, 0) is 16.1 Å². The van der Waals surface area contributed by atoms with Gasteiger partial charge in [-0.05, 0) is 30.5 Å². The third-order valence-electron chi connectivity index (χ3n) is 5.45. The number of piperidine rings is 1. The Hall–Kier alpha value is -2.80. The van der Waals surface area contributed by atoms with E-state index < -0.39 is 23.6 Å². The quantitative estimate of drug-likeness (QED) is 0.728. The number of fused-ring (bicyclic) bond motifs is 2. The lowest BCUT2D eigenvalue weighted by Crippen LogP contribution is -2.59. The van der Waals surface area contributed by atoms with Gasteiger partial charge in [0.2, 0.25) is 0 Å². The molecular weight excluding hydrogens is 380 g/mol. The van der Waals surface area contributed by atoms with Crippen LogP contribution < -0.4 is 0 Å². The molecule has 0 N–H and O–H groups in total. The van der Waals surface area contributed by atoms with E-state index in [0.717, 1.165) is 23.8 Å². The van der Waals surface area contributed by atoms with Crippen molar-refractivity contribution in [1.82, 2.24) is 4.90 Å². The number of nitrogens with zero attached hydrogens (tertiary/aromatic N) is 1. The van der Waals surface area contributed by atoms with E-state index in [-0.39, 0.29) is 30.0 Å². The van der Waals surface area contributed by atoms with E-state index in [1.807, 2.05) is 30.3 Å². The van der Waals surface area contributed by atoms with Crippen LogP contribution in [0.1, 0.15) is 28.8 Å². The van der Waals surface area contributed by atoms with Crippen molar-refractivity contribution in [3.05, 3.63) is 71.3 Å². The maximum atomic E-state index is 13.5. The molecule has 4 rings (SSSR count). The first-order chi connectivity index (χ1) is 14.0. The molecule has 2 atom stereocenters. The van der Waals surface area contributed by atoms with Crippen LogP contribution in [0.4, 0.5) is 13.6 Å². The zero-order valence-corrected chi connectivity index (χ0v) is 15.7. The Labute approximate surface area is 167 Å². The van der Waals surface area contributed by atoms with Crippen LogP contribution in [0.2, 0.25) is 0 Å². The lowest BCUT2D eigenvalue weighted by molar-refractivity contribution is -0.0755. The number of rotatable bonds is 4. The van der Waals surface area contributed by atoms with Gasteiger partial charge in [-0.25, -0.2) is 13.6 Å². The molecule has 2 aromatic rings. The average molecular weight is 401 g/mol. The highest BCUT2D eigenvalue weighted by Crippen LogP contribution is 2.34. The van der Waals surface area contributed by atoms with Gasteiger partial charge >= 0.3 is 6.09 Å². The van der Waals surface area contributed by atoms with E-state index in [1.54, 1.807) is 4.90 Å². The van der Waals surface area contributed by atoms with Crippen molar-refractivity contribution in [2.24, 2.45) is 5.92 Å². The van der Waals surface area contributed by atoms with Gasteiger partial charge in [0.05, 0.1) is 25.3 Å². The second-order valence-corrected chi connectivity index (χ2v) is 7.48. The van der Waals surface area contributed by atoms with Gasteiger partial charge in [-0.2, -0.15) is 0 Å². The minimum Gasteiger partial charge on any atom is -0.445 e. The Morgan fingerprint density at radius 2 is 1.62 bits per heavy atom. The minimum absolute atomic E-state index is 0.0200. The van der Waals surface area contributed by atoms with Crippen molar-refractivity contribution in [3.8, 4) is 0 Å². The third-order valence-corrected chi connectivity index (χ3v) is 5.45. The van der Waals surface area contributed by atoms with E-state index in [2.05, 4.69) is 0 Å². The van der Waals surface area contributed by atoms with Gasteiger partial charge in [-0.1, -0.05) is 30.3 Å². The molecule has 2 unspecified atom stereocenters. The molecule has 2 heterocycles. The fraction of sp³-hybridized carbons (Fsp3) is 0.364. The Bertz CT molecular complexity index is 871. The third kappa shape index (κ3) is 4.29. The molecule has 2 aromatic carbocycles. The van der Waals surface area contributed by atoms with Crippen LogP contribution in [0.25, 0.3) is 0 Å². The zero-order valence-electron chi connectivity index (χ0n) is 15.7. The van der Waals surface area contributed by atoms with Crippen molar-refractivity contribution in [1.29, 1.82) is 0 Å². The standard InChI is InChI=1S/C22H21F2NO4/c23-17-6-15(7-18(24)10-17)21(26)16-8-19-12-28-13-20(9-16)25(19)22(27)29-11-14-4-2-1-3-5-14/h1-7,10,16,19-20H,8-9,11-13H2. The van der Waals surface area contributed by atoms with Crippen LogP contribution in [0, 0.1) is 17.6 Å². The molecule has 0 aliphatic carbocycles. The van der Waals surface area contributed by atoms with E-state index in [4.69, 9.17) is 9.47 Å². The first-order valence-electron chi connectivity index (χ1n) is 9.58. The summed E-state index contributed by atoms with van der Waals surface area (Å²) in [5.41, 5.74) is 0.909. The van der Waals surface area contributed by atoms with Crippen molar-refractivity contribution < 1.29 is 27.8 Å². The molecule has 2 saturated heterocycles. The van der Waals surface area contributed by atoms with Gasteiger partial charge in [-0.15, -0.1) is 0 Å². The van der Waals surface area contributed by atoms with E-state index in [1.165, 1.54) is 0 Å². The van der Waals surface area contributed by atoms with Crippen LogP contribution in [0.5, 0.6) is 0 Å². The monoisotopic (exact) mass is 401 g/mol. The summed E-state index contributed by atoms with van der Waals surface area (Å²) in [5.74, 6) is -2.29. The zero-order chi connectivity index (χ0) is 20.4. The predicted octanol–water partition coefficient (Wildman–Crippen LogP) is 3.96. The number of hydrogen-bond acceptors (Lipinski definition) is 4. The fourth-order valence-corrected chi connectivity index (χ4v) is 4.15. The van der Waals surface area contributed by atoms with E-state index in [9.17, 15) is 18.4 Å². The molecule has 1 amide bonds. The molecule has 152 valence electrons. The van der Waals surface area contributed by atoms with Crippen molar-refractivity contribution in [3.63, 3.8) is 0 Å². The molecule has 0 saturated carbocycles. The number of carbonyl (C=O) groups is 2. The SMILES string of the molecule is O=C(c1cc(F)cc(F)c1)C1CC2COCC(C1)N2C(=O)OCc1ccccc1. The summed E-state index contributed by atoms with van der Waals surface area (Å²) in [5, 5.41) is 0. The molecule has 5 nitrogen and oxygen atoms in total. The highest BCUT2D eigenvalue weighted by Gasteiger charge is 2.44. The van der Waals surface area contributed by atoms with Gasteiger partial charge < -0.3 is 9.47 Å². The predicted molar refractivity (Wildman–Crippen MR) is 100 cm³/mol. The van der Waals surface area contributed by atoms with Crippen LogP contribution in [-0.4, -0.2) is 42.1 Å².